The molecule has 0 fully saturated rings. The summed E-state index contributed by atoms with van der Waals surface area (Å²) in [6, 6.07) is 14.4. The van der Waals surface area contributed by atoms with Crippen molar-refractivity contribution in [3.8, 4) is 17.1 Å². The summed E-state index contributed by atoms with van der Waals surface area (Å²) in [4.78, 5) is 7.40. The van der Waals surface area contributed by atoms with E-state index in [1.54, 1.807) is 7.11 Å². The second-order valence-corrected chi connectivity index (χ2v) is 7.62. The zero-order valence-corrected chi connectivity index (χ0v) is 18.0. The zero-order valence-electron chi connectivity index (χ0n) is 17.3. The van der Waals surface area contributed by atoms with E-state index >= 15 is 0 Å². The number of halogens is 1. The summed E-state index contributed by atoms with van der Waals surface area (Å²) >= 11 is 6.22. The Morgan fingerprint density at radius 3 is 2.46 bits per heavy atom. The minimum absolute atomic E-state index is 0.346. The second kappa shape index (κ2) is 9.44. The first-order chi connectivity index (χ1) is 13.6. The third-order valence-electron chi connectivity index (χ3n) is 5.43. The van der Waals surface area contributed by atoms with Crippen molar-refractivity contribution in [1.29, 1.82) is 0 Å². The number of hydrogen-bond donors (Lipinski definition) is 0. The molecule has 5 heteroatoms. The lowest BCUT2D eigenvalue weighted by Crippen LogP contribution is -2.24. The highest BCUT2D eigenvalue weighted by atomic mass is 35.5. The van der Waals surface area contributed by atoms with E-state index in [2.05, 4.69) is 48.4 Å². The predicted molar refractivity (Wildman–Crippen MR) is 118 cm³/mol. The Balaban J connectivity index is 1.94. The van der Waals surface area contributed by atoms with Gasteiger partial charge in [-0.2, -0.15) is 0 Å². The highest BCUT2D eigenvalue weighted by Gasteiger charge is 2.18. The molecule has 0 aliphatic carbocycles. The maximum absolute atomic E-state index is 6.22. The average Bonchev–Trinajstić information content (AvgIpc) is 3.09. The maximum Gasteiger partial charge on any atom is 0.141 e. The Hall–Kier alpha value is -2.04. The molecule has 4 nitrogen and oxygen atoms in total. The van der Waals surface area contributed by atoms with Crippen molar-refractivity contribution >= 4 is 22.6 Å². The van der Waals surface area contributed by atoms with Crippen molar-refractivity contribution < 1.29 is 4.74 Å². The van der Waals surface area contributed by atoms with Gasteiger partial charge < -0.3 is 14.2 Å². The second-order valence-electron chi connectivity index (χ2n) is 7.19. The molecule has 0 saturated heterocycles. The Bertz CT molecular complexity index is 900. The largest absolute Gasteiger partial charge is 0.497 e. The highest BCUT2D eigenvalue weighted by Crippen LogP contribution is 2.32. The standard InChI is InChI=1S/C23H30ClN3O/c1-5-26(6-2)15-7-8-17(3)27-22-14-11-19(24)16-21(22)25-23(27)18-9-12-20(28-4)13-10-18/h9-14,16-17H,5-8,15H2,1-4H3/t17-/m0/s1. The van der Waals surface area contributed by atoms with Crippen LogP contribution in [-0.2, 0) is 0 Å². The van der Waals surface area contributed by atoms with E-state index in [1.165, 1.54) is 0 Å². The van der Waals surface area contributed by atoms with Gasteiger partial charge in [-0.05, 0) is 81.9 Å². The Morgan fingerprint density at radius 1 is 1.11 bits per heavy atom. The third-order valence-corrected chi connectivity index (χ3v) is 5.67. The van der Waals surface area contributed by atoms with Crippen LogP contribution in [0.5, 0.6) is 5.75 Å². The van der Waals surface area contributed by atoms with Gasteiger partial charge in [0.2, 0.25) is 0 Å². The monoisotopic (exact) mass is 399 g/mol. The van der Waals surface area contributed by atoms with Gasteiger partial charge in [-0.25, -0.2) is 4.98 Å². The lowest BCUT2D eigenvalue weighted by Gasteiger charge is -2.21. The molecule has 0 aliphatic rings. The smallest absolute Gasteiger partial charge is 0.141 e. The first-order valence-electron chi connectivity index (χ1n) is 10.1. The van der Waals surface area contributed by atoms with Crippen LogP contribution in [0.3, 0.4) is 0 Å². The van der Waals surface area contributed by atoms with Gasteiger partial charge in [0.05, 0.1) is 18.1 Å². The van der Waals surface area contributed by atoms with E-state index in [1.807, 2.05) is 24.3 Å². The van der Waals surface area contributed by atoms with Crippen LogP contribution >= 0.6 is 11.6 Å². The fraction of sp³-hybridized carbons (Fsp3) is 0.435. The van der Waals surface area contributed by atoms with Crippen molar-refractivity contribution in [1.82, 2.24) is 14.5 Å². The molecule has 1 heterocycles. The molecule has 0 amide bonds. The Kier molecular flexibility index (Phi) is 6.97. The van der Waals surface area contributed by atoms with Crippen molar-refractivity contribution in [3.63, 3.8) is 0 Å². The molecule has 0 spiro atoms. The van der Waals surface area contributed by atoms with Gasteiger partial charge in [-0.15, -0.1) is 0 Å². The average molecular weight is 400 g/mol. The van der Waals surface area contributed by atoms with Crippen LogP contribution in [0.25, 0.3) is 22.4 Å². The number of aromatic nitrogens is 2. The van der Waals surface area contributed by atoms with Crippen LogP contribution in [0.15, 0.2) is 42.5 Å². The lowest BCUT2D eigenvalue weighted by atomic mass is 10.1. The topological polar surface area (TPSA) is 30.3 Å². The third kappa shape index (κ3) is 4.50. The van der Waals surface area contributed by atoms with Gasteiger partial charge in [-0.3, -0.25) is 0 Å². The van der Waals surface area contributed by atoms with Gasteiger partial charge in [-0.1, -0.05) is 25.4 Å². The molecule has 2 aromatic carbocycles. The number of nitrogens with zero attached hydrogens (tertiary/aromatic N) is 3. The van der Waals surface area contributed by atoms with Crippen LogP contribution in [0, 0.1) is 0 Å². The fourth-order valence-corrected chi connectivity index (χ4v) is 3.91. The van der Waals surface area contributed by atoms with Crippen LogP contribution < -0.4 is 4.74 Å². The van der Waals surface area contributed by atoms with E-state index in [-0.39, 0.29) is 0 Å². The summed E-state index contributed by atoms with van der Waals surface area (Å²) in [6.07, 6.45) is 2.27. The lowest BCUT2D eigenvalue weighted by molar-refractivity contribution is 0.289. The molecule has 1 aromatic heterocycles. The molecule has 3 aromatic rings. The van der Waals surface area contributed by atoms with E-state index in [0.717, 1.165) is 60.6 Å². The quantitative estimate of drug-likeness (QED) is 0.438. The molecule has 1 atom stereocenters. The highest BCUT2D eigenvalue weighted by molar-refractivity contribution is 6.31. The minimum Gasteiger partial charge on any atom is -0.497 e. The van der Waals surface area contributed by atoms with Crippen molar-refractivity contribution in [2.75, 3.05) is 26.7 Å². The number of methoxy groups -OCH3 is 1. The van der Waals surface area contributed by atoms with Crippen molar-refractivity contribution in [2.45, 2.75) is 39.7 Å². The van der Waals surface area contributed by atoms with Crippen molar-refractivity contribution in [3.05, 3.63) is 47.5 Å². The molecule has 28 heavy (non-hydrogen) atoms. The molecular formula is C23H30ClN3O. The summed E-state index contributed by atoms with van der Waals surface area (Å²) in [7, 11) is 1.68. The minimum atomic E-state index is 0.346. The number of hydrogen-bond acceptors (Lipinski definition) is 3. The molecule has 0 saturated carbocycles. The Morgan fingerprint density at radius 2 is 1.82 bits per heavy atom. The molecular weight excluding hydrogens is 370 g/mol. The summed E-state index contributed by atoms with van der Waals surface area (Å²) in [5.74, 6) is 1.83. The van der Waals surface area contributed by atoms with E-state index in [0.29, 0.717) is 11.1 Å². The number of benzene rings is 2. The van der Waals surface area contributed by atoms with Crippen LogP contribution in [0.1, 0.15) is 39.7 Å². The summed E-state index contributed by atoms with van der Waals surface area (Å²) in [5, 5.41) is 0.715. The summed E-state index contributed by atoms with van der Waals surface area (Å²) in [5.41, 5.74) is 3.16. The van der Waals surface area contributed by atoms with E-state index in [9.17, 15) is 0 Å². The maximum atomic E-state index is 6.22. The number of imidazole rings is 1. The van der Waals surface area contributed by atoms with Crippen LogP contribution in [0.4, 0.5) is 0 Å². The van der Waals surface area contributed by atoms with Gasteiger partial charge in [0.25, 0.3) is 0 Å². The van der Waals surface area contributed by atoms with E-state index < -0.39 is 0 Å². The SMILES string of the molecule is CCN(CC)CCC[C@H](C)n1c(-c2ccc(OC)cc2)nc2cc(Cl)ccc21. The van der Waals surface area contributed by atoms with Gasteiger partial charge >= 0.3 is 0 Å². The van der Waals surface area contributed by atoms with Crippen molar-refractivity contribution in [2.24, 2.45) is 0 Å². The number of ether oxygens (including phenoxy) is 1. The zero-order chi connectivity index (χ0) is 20.1. The fourth-order valence-electron chi connectivity index (χ4n) is 3.74. The van der Waals surface area contributed by atoms with Gasteiger partial charge in [0, 0.05) is 16.6 Å². The summed E-state index contributed by atoms with van der Waals surface area (Å²) < 4.78 is 7.66. The molecule has 0 radical (unpaired) electrons. The molecule has 150 valence electrons. The molecule has 0 N–H and O–H groups in total. The van der Waals surface area contributed by atoms with Gasteiger partial charge in [0.15, 0.2) is 0 Å². The normalized spacial score (nSPS) is 12.6. The van der Waals surface area contributed by atoms with E-state index in [4.69, 9.17) is 21.3 Å². The number of fused-ring (bicyclic) bond motifs is 1. The van der Waals surface area contributed by atoms with Gasteiger partial charge in [0.1, 0.15) is 11.6 Å². The first kappa shape index (κ1) is 20.7. The molecule has 0 bridgehead atoms. The predicted octanol–water partition coefficient (Wildman–Crippen LogP) is 6.05. The van der Waals surface area contributed by atoms with Crippen LogP contribution in [-0.4, -0.2) is 41.2 Å². The summed E-state index contributed by atoms with van der Waals surface area (Å²) in [6.45, 7) is 10.1. The van der Waals surface area contributed by atoms with Crippen LogP contribution in [0.2, 0.25) is 5.02 Å². The Labute approximate surface area is 173 Å². The first-order valence-corrected chi connectivity index (χ1v) is 10.5. The molecule has 0 aliphatic heterocycles. The number of rotatable bonds is 9. The molecule has 3 rings (SSSR count). The molecule has 0 unspecified atom stereocenters.